The quantitative estimate of drug-likeness (QED) is 0.671. The zero-order chi connectivity index (χ0) is 15.2. The van der Waals surface area contributed by atoms with E-state index in [0.717, 1.165) is 28.5 Å². The van der Waals surface area contributed by atoms with Crippen molar-refractivity contribution in [1.29, 1.82) is 0 Å². The number of aryl methyl sites for hydroxylation is 1. The molecule has 0 fully saturated rings. The Kier molecular flexibility index (Phi) is 6.18. The third kappa shape index (κ3) is 4.27. The van der Waals surface area contributed by atoms with Gasteiger partial charge in [-0.25, -0.2) is 4.39 Å². The Morgan fingerprint density at radius 2 is 1.81 bits per heavy atom. The number of nitrogens with one attached hydrogen (secondary N) is 1. The Hall–Kier alpha value is -0.940. The van der Waals surface area contributed by atoms with Gasteiger partial charge in [0.25, 0.3) is 0 Å². The van der Waals surface area contributed by atoms with Crippen LogP contribution in [0.5, 0.6) is 0 Å². The van der Waals surface area contributed by atoms with Crippen LogP contribution in [0.3, 0.4) is 0 Å². The van der Waals surface area contributed by atoms with Crippen LogP contribution in [0.4, 0.5) is 4.39 Å². The lowest BCUT2D eigenvalue weighted by molar-refractivity contribution is 0.610. The van der Waals surface area contributed by atoms with Crippen LogP contribution in [0.25, 0.3) is 0 Å². The van der Waals surface area contributed by atoms with Crippen molar-refractivity contribution in [1.82, 2.24) is 5.32 Å². The summed E-state index contributed by atoms with van der Waals surface area (Å²) in [5.74, 6) is -0.184. The molecule has 1 N–H and O–H groups in total. The molecular weight excluding hydrogens is 376 g/mol. The number of rotatable bonds is 6. The molecule has 0 aliphatic rings. The van der Waals surface area contributed by atoms with E-state index in [1.165, 1.54) is 17.2 Å². The van der Waals surface area contributed by atoms with Crippen LogP contribution in [0.1, 0.15) is 43.0 Å². The fraction of sp³-hybridized carbons (Fsp3) is 0.333. The van der Waals surface area contributed by atoms with Gasteiger partial charge >= 0.3 is 0 Å². The van der Waals surface area contributed by atoms with Crippen LogP contribution >= 0.6 is 22.6 Å². The van der Waals surface area contributed by atoms with Crippen molar-refractivity contribution in [3.8, 4) is 0 Å². The molecule has 0 radical (unpaired) electrons. The highest BCUT2D eigenvalue weighted by molar-refractivity contribution is 14.1. The summed E-state index contributed by atoms with van der Waals surface area (Å²) in [6.07, 6.45) is 2.27. The van der Waals surface area contributed by atoms with Crippen LogP contribution in [0.2, 0.25) is 0 Å². The number of hydrogen-bond donors (Lipinski definition) is 1. The van der Waals surface area contributed by atoms with Gasteiger partial charge in [-0.05, 0) is 64.4 Å². The lowest BCUT2D eigenvalue weighted by Gasteiger charge is -2.20. The summed E-state index contributed by atoms with van der Waals surface area (Å²) in [5.41, 5.74) is 3.72. The Bertz CT molecular complexity index is 580. The molecule has 0 bridgehead atoms. The van der Waals surface area contributed by atoms with E-state index in [2.05, 4.69) is 66.0 Å². The first-order valence-corrected chi connectivity index (χ1v) is 8.50. The second kappa shape index (κ2) is 7.90. The first kappa shape index (κ1) is 16.4. The van der Waals surface area contributed by atoms with Gasteiger partial charge < -0.3 is 5.32 Å². The molecule has 0 spiro atoms. The van der Waals surface area contributed by atoms with E-state index in [9.17, 15) is 4.39 Å². The average Bonchev–Trinajstić information content (AvgIpc) is 2.47. The van der Waals surface area contributed by atoms with Crippen molar-refractivity contribution in [2.75, 3.05) is 6.54 Å². The van der Waals surface area contributed by atoms with E-state index in [1.807, 2.05) is 6.07 Å². The molecule has 0 aromatic heterocycles. The SMILES string of the molecule is CCCc1ccc(C(NCC)c2ccc(F)cc2I)cc1. The van der Waals surface area contributed by atoms with Crippen molar-refractivity contribution in [2.24, 2.45) is 0 Å². The molecule has 0 saturated carbocycles. The van der Waals surface area contributed by atoms with Gasteiger partial charge in [-0.15, -0.1) is 0 Å². The van der Waals surface area contributed by atoms with E-state index in [1.54, 1.807) is 6.07 Å². The summed E-state index contributed by atoms with van der Waals surface area (Å²) < 4.78 is 14.3. The number of benzene rings is 2. The molecule has 3 heteroatoms. The first-order valence-electron chi connectivity index (χ1n) is 7.42. The van der Waals surface area contributed by atoms with Gasteiger partial charge in [0.05, 0.1) is 6.04 Å². The molecule has 2 rings (SSSR count). The Morgan fingerprint density at radius 1 is 1.10 bits per heavy atom. The standard InChI is InChI=1S/C18H21FIN/c1-3-5-13-6-8-14(9-7-13)18(21-4-2)16-11-10-15(19)12-17(16)20/h6-12,18,21H,3-5H2,1-2H3. The summed E-state index contributed by atoms with van der Waals surface area (Å²) >= 11 is 2.21. The fourth-order valence-electron chi connectivity index (χ4n) is 2.51. The second-order valence-corrected chi connectivity index (χ2v) is 6.31. The summed E-state index contributed by atoms with van der Waals surface area (Å²) in [7, 11) is 0. The van der Waals surface area contributed by atoms with Gasteiger partial charge in [-0.3, -0.25) is 0 Å². The van der Waals surface area contributed by atoms with Gasteiger partial charge in [-0.1, -0.05) is 50.6 Å². The van der Waals surface area contributed by atoms with E-state index in [-0.39, 0.29) is 11.9 Å². The lowest BCUT2D eigenvalue weighted by Crippen LogP contribution is -2.23. The molecule has 1 nitrogen and oxygen atoms in total. The van der Waals surface area contributed by atoms with Gasteiger partial charge in [0.1, 0.15) is 5.82 Å². The van der Waals surface area contributed by atoms with Gasteiger partial charge in [-0.2, -0.15) is 0 Å². The predicted molar refractivity (Wildman–Crippen MR) is 95.1 cm³/mol. The predicted octanol–water partition coefficient (Wildman–Crippen LogP) is 5.08. The highest BCUT2D eigenvalue weighted by Gasteiger charge is 2.16. The zero-order valence-corrected chi connectivity index (χ0v) is 14.7. The average molecular weight is 397 g/mol. The molecule has 0 heterocycles. The maximum atomic E-state index is 13.3. The van der Waals surface area contributed by atoms with Crippen LogP contribution in [-0.4, -0.2) is 6.54 Å². The largest absolute Gasteiger partial charge is 0.306 e. The van der Waals surface area contributed by atoms with E-state index in [0.29, 0.717) is 0 Å². The number of hydrogen-bond acceptors (Lipinski definition) is 1. The monoisotopic (exact) mass is 397 g/mol. The molecule has 1 unspecified atom stereocenters. The lowest BCUT2D eigenvalue weighted by atomic mass is 9.97. The third-order valence-electron chi connectivity index (χ3n) is 3.53. The second-order valence-electron chi connectivity index (χ2n) is 5.15. The summed E-state index contributed by atoms with van der Waals surface area (Å²) in [4.78, 5) is 0. The molecule has 0 saturated heterocycles. The molecule has 21 heavy (non-hydrogen) atoms. The Morgan fingerprint density at radius 3 is 2.38 bits per heavy atom. The van der Waals surface area contributed by atoms with Crippen molar-refractivity contribution < 1.29 is 4.39 Å². The highest BCUT2D eigenvalue weighted by atomic mass is 127. The van der Waals surface area contributed by atoms with Crippen LogP contribution in [0.15, 0.2) is 42.5 Å². The fourth-order valence-corrected chi connectivity index (χ4v) is 3.30. The minimum atomic E-state index is -0.184. The highest BCUT2D eigenvalue weighted by Crippen LogP contribution is 2.27. The van der Waals surface area contributed by atoms with Crippen molar-refractivity contribution in [3.05, 3.63) is 68.5 Å². The first-order chi connectivity index (χ1) is 10.2. The van der Waals surface area contributed by atoms with Crippen molar-refractivity contribution in [2.45, 2.75) is 32.7 Å². The van der Waals surface area contributed by atoms with Crippen LogP contribution in [0, 0.1) is 9.39 Å². The molecule has 0 aliphatic heterocycles. The molecule has 1 atom stereocenters. The normalized spacial score (nSPS) is 12.4. The van der Waals surface area contributed by atoms with Gasteiger partial charge in [0, 0.05) is 3.57 Å². The van der Waals surface area contributed by atoms with Gasteiger partial charge in [0.15, 0.2) is 0 Å². The molecule has 0 aliphatic carbocycles. The zero-order valence-electron chi connectivity index (χ0n) is 12.5. The Balaban J connectivity index is 2.33. The maximum absolute atomic E-state index is 13.3. The third-order valence-corrected chi connectivity index (χ3v) is 4.47. The van der Waals surface area contributed by atoms with E-state index < -0.39 is 0 Å². The smallest absolute Gasteiger partial charge is 0.124 e. The molecule has 112 valence electrons. The molecule has 0 amide bonds. The molecular formula is C18H21FIN. The van der Waals surface area contributed by atoms with Crippen molar-refractivity contribution in [3.63, 3.8) is 0 Å². The Labute approximate surface area is 140 Å². The maximum Gasteiger partial charge on any atom is 0.124 e. The van der Waals surface area contributed by atoms with Crippen LogP contribution in [-0.2, 0) is 6.42 Å². The topological polar surface area (TPSA) is 12.0 Å². The van der Waals surface area contributed by atoms with E-state index in [4.69, 9.17) is 0 Å². The minimum absolute atomic E-state index is 0.109. The van der Waals surface area contributed by atoms with Crippen molar-refractivity contribution >= 4 is 22.6 Å². The summed E-state index contributed by atoms with van der Waals surface area (Å²) in [5, 5.41) is 3.50. The van der Waals surface area contributed by atoms with Gasteiger partial charge in [0.2, 0.25) is 0 Å². The van der Waals surface area contributed by atoms with E-state index >= 15 is 0 Å². The minimum Gasteiger partial charge on any atom is -0.306 e. The summed E-state index contributed by atoms with van der Waals surface area (Å²) in [6, 6.07) is 13.9. The molecule has 2 aromatic rings. The molecule has 2 aromatic carbocycles. The number of halogens is 2. The summed E-state index contributed by atoms with van der Waals surface area (Å²) in [6.45, 7) is 5.15. The van der Waals surface area contributed by atoms with Crippen LogP contribution < -0.4 is 5.32 Å².